The monoisotopic (exact) mass is 299 g/mol. The van der Waals surface area contributed by atoms with Gasteiger partial charge in [-0.2, -0.15) is 0 Å². The molecule has 0 spiro atoms. The zero-order valence-corrected chi connectivity index (χ0v) is 13.1. The van der Waals surface area contributed by atoms with E-state index in [4.69, 9.17) is 0 Å². The molecular weight excluding hydrogens is 278 g/mol. The van der Waals surface area contributed by atoms with Gasteiger partial charge in [0.05, 0.1) is 6.04 Å². The number of rotatable bonds is 4. The predicted octanol–water partition coefficient (Wildman–Crippen LogP) is 3.75. The Morgan fingerprint density at radius 2 is 2.00 bits per heavy atom. The molecule has 3 nitrogen and oxygen atoms in total. The Kier molecular flexibility index (Phi) is 3.51. The maximum Gasteiger partial charge on any atom is 0.139 e. The average molecular weight is 299 g/mol. The van der Waals surface area contributed by atoms with Crippen LogP contribution in [0.15, 0.2) is 30.3 Å². The van der Waals surface area contributed by atoms with E-state index in [-0.39, 0.29) is 6.04 Å². The van der Waals surface area contributed by atoms with Crippen molar-refractivity contribution < 1.29 is 0 Å². The summed E-state index contributed by atoms with van der Waals surface area (Å²) in [5, 5.41) is 14.8. The summed E-state index contributed by atoms with van der Waals surface area (Å²) in [5.41, 5.74) is 1.26. The van der Waals surface area contributed by atoms with Gasteiger partial charge in [0.1, 0.15) is 10.0 Å². The first-order chi connectivity index (χ1) is 10.3. The van der Waals surface area contributed by atoms with Crippen molar-refractivity contribution in [2.24, 2.45) is 11.8 Å². The maximum absolute atomic E-state index is 4.54. The van der Waals surface area contributed by atoms with Crippen molar-refractivity contribution in [3.63, 3.8) is 0 Å². The second-order valence-corrected chi connectivity index (χ2v) is 7.43. The lowest BCUT2D eigenvalue weighted by Gasteiger charge is -2.18. The SMILES string of the molecule is CNC(c1ccccc1)c1nnc(C2CC3CCC2C3)s1. The van der Waals surface area contributed by atoms with Crippen molar-refractivity contribution in [1.29, 1.82) is 0 Å². The van der Waals surface area contributed by atoms with Crippen LogP contribution < -0.4 is 5.32 Å². The first-order valence-electron chi connectivity index (χ1n) is 7.90. The van der Waals surface area contributed by atoms with Crippen molar-refractivity contribution in [1.82, 2.24) is 15.5 Å². The minimum absolute atomic E-state index is 0.163. The van der Waals surface area contributed by atoms with E-state index in [2.05, 4.69) is 45.8 Å². The van der Waals surface area contributed by atoms with E-state index in [0.29, 0.717) is 5.92 Å². The van der Waals surface area contributed by atoms with E-state index in [1.54, 1.807) is 0 Å². The second kappa shape index (κ2) is 5.50. The highest BCUT2D eigenvalue weighted by atomic mass is 32.1. The molecule has 0 saturated heterocycles. The van der Waals surface area contributed by atoms with Gasteiger partial charge in [0.25, 0.3) is 0 Å². The van der Waals surface area contributed by atoms with Gasteiger partial charge in [-0.15, -0.1) is 10.2 Å². The molecule has 1 N–H and O–H groups in total. The van der Waals surface area contributed by atoms with Crippen molar-refractivity contribution in [3.8, 4) is 0 Å². The number of hydrogen-bond acceptors (Lipinski definition) is 4. The minimum atomic E-state index is 0.163. The van der Waals surface area contributed by atoms with Gasteiger partial charge < -0.3 is 5.32 Å². The van der Waals surface area contributed by atoms with Gasteiger partial charge in [-0.05, 0) is 43.7 Å². The molecule has 1 heterocycles. The molecule has 4 heteroatoms. The maximum atomic E-state index is 4.54. The molecule has 2 aliphatic rings. The topological polar surface area (TPSA) is 37.8 Å². The lowest BCUT2D eigenvalue weighted by Crippen LogP contribution is -2.17. The van der Waals surface area contributed by atoms with Crippen LogP contribution >= 0.6 is 11.3 Å². The summed E-state index contributed by atoms with van der Waals surface area (Å²) in [7, 11) is 2.00. The van der Waals surface area contributed by atoms with Crippen molar-refractivity contribution in [2.75, 3.05) is 7.05 Å². The van der Waals surface area contributed by atoms with Crippen LogP contribution in [0.4, 0.5) is 0 Å². The van der Waals surface area contributed by atoms with E-state index in [9.17, 15) is 0 Å². The van der Waals surface area contributed by atoms with Crippen molar-refractivity contribution >= 4 is 11.3 Å². The zero-order chi connectivity index (χ0) is 14.2. The molecule has 0 aliphatic heterocycles. The predicted molar refractivity (Wildman–Crippen MR) is 85.4 cm³/mol. The molecule has 2 aromatic rings. The van der Waals surface area contributed by atoms with Crippen LogP contribution in [0.5, 0.6) is 0 Å². The molecule has 4 rings (SSSR count). The molecule has 21 heavy (non-hydrogen) atoms. The van der Waals surface area contributed by atoms with Crippen LogP contribution in [0, 0.1) is 11.8 Å². The van der Waals surface area contributed by atoms with Gasteiger partial charge in [0.2, 0.25) is 0 Å². The molecule has 2 fully saturated rings. The second-order valence-electron chi connectivity index (χ2n) is 6.39. The largest absolute Gasteiger partial charge is 0.307 e. The molecule has 1 aromatic heterocycles. The molecule has 2 aliphatic carbocycles. The Bertz CT molecular complexity index is 610. The van der Waals surface area contributed by atoms with Crippen LogP contribution in [-0.4, -0.2) is 17.2 Å². The van der Waals surface area contributed by atoms with Gasteiger partial charge in [-0.3, -0.25) is 0 Å². The molecule has 2 saturated carbocycles. The quantitative estimate of drug-likeness (QED) is 0.934. The van der Waals surface area contributed by atoms with Crippen LogP contribution in [0.1, 0.15) is 53.2 Å². The zero-order valence-electron chi connectivity index (χ0n) is 12.3. The fourth-order valence-electron chi connectivity index (χ4n) is 4.14. The summed E-state index contributed by atoms with van der Waals surface area (Å²) in [6.07, 6.45) is 5.61. The summed E-state index contributed by atoms with van der Waals surface area (Å²) in [5.74, 6) is 2.52. The Balaban J connectivity index is 1.59. The number of aromatic nitrogens is 2. The van der Waals surface area contributed by atoms with Crippen molar-refractivity contribution in [2.45, 2.75) is 37.6 Å². The Morgan fingerprint density at radius 1 is 1.14 bits per heavy atom. The van der Waals surface area contributed by atoms with Crippen molar-refractivity contribution in [3.05, 3.63) is 45.9 Å². The summed E-state index contributed by atoms with van der Waals surface area (Å²) in [6.45, 7) is 0. The normalized spacial score (nSPS) is 28.9. The lowest BCUT2D eigenvalue weighted by atomic mass is 9.89. The molecule has 0 radical (unpaired) electrons. The van der Waals surface area contributed by atoms with E-state index in [1.807, 2.05) is 18.4 Å². The molecule has 1 aromatic carbocycles. The van der Waals surface area contributed by atoms with Crippen LogP contribution in [0.2, 0.25) is 0 Å². The van der Waals surface area contributed by atoms with E-state index >= 15 is 0 Å². The number of benzene rings is 1. The standard InChI is InChI=1S/C17H21N3S/c1-18-15(12-5-3-2-4-6-12)17-20-19-16(21-17)14-10-11-7-8-13(14)9-11/h2-6,11,13-15,18H,7-10H2,1H3. The fourth-order valence-corrected chi connectivity index (χ4v) is 5.33. The van der Waals surface area contributed by atoms with Crippen LogP contribution in [-0.2, 0) is 0 Å². The average Bonchev–Trinajstić information content (AvgIpc) is 3.25. The van der Waals surface area contributed by atoms with Crippen LogP contribution in [0.25, 0.3) is 0 Å². The third-order valence-electron chi connectivity index (χ3n) is 5.18. The summed E-state index contributed by atoms with van der Waals surface area (Å²) >= 11 is 1.81. The fraction of sp³-hybridized carbons (Fsp3) is 0.529. The number of hydrogen-bond donors (Lipinski definition) is 1. The van der Waals surface area contributed by atoms with Crippen LogP contribution in [0.3, 0.4) is 0 Å². The molecule has 4 unspecified atom stereocenters. The van der Waals surface area contributed by atoms with Gasteiger partial charge in [-0.25, -0.2) is 0 Å². The first kappa shape index (κ1) is 13.4. The third-order valence-corrected chi connectivity index (χ3v) is 6.30. The van der Waals surface area contributed by atoms with E-state index < -0.39 is 0 Å². The van der Waals surface area contributed by atoms with Gasteiger partial charge in [0.15, 0.2) is 0 Å². The molecule has 0 amide bonds. The highest BCUT2D eigenvalue weighted by Gasteiger charge is 2.42. The molecule has 4 atom stereocenters. The highest BCUT2D eigenvalue weighted by Crippen LogP contribution is 2.53. The van der Waals surface area contributed by atoms with Gasteiger partial charge in [-0.1, -0.05) is 48.1 Å². The third kappa shape index (κ3) is 2.40. The first-order valence-corrected chi connectivity index (χ1v) is 8.72. The highest BCUT2D eigenvalue weighted by molar-refractivity contribution is 7.11. The summed E-state index contributed by atoms with van der Waals surface area (Å²) < 4.78 is 0. The number of nitrogens with zero attached hydrogens (tertiary/aromatic N) is 2. The Hall–Kier alpha value is -1.26. The summed E-state index contributed by atoms with van der Waals surface area (Å²) in [4.78, 5) is 0. The van der Waals surface area contributed by atoms with E-state index in [0.717, 1.165) is 16.8 Å². The Morgan fingerprint density at radius 3 is 2.67 bits per heavy atom. The van der Waals surface area contributed by atoms with Gasteiger partial charge >= 0.3 is 0 Å². The summed E-state index contributed by atoms with van der Waals surface area (Å²) in [6, 6.07) is 10.7. The lowest BCUT2D eigenvalue weighted by molar-refractivity contribution is 0.417. The Labute approximate surface area is 129 Å². The van der Waals surface area contributed by atoms with E-state index in [1.165, 1.54) is 36.3 Å². The smallest absolute Gasteiger partial charge is 0.139 e. The van der Waals surface area contributed by atoms with Gasteiger partial charge in [0, 0.05) is 5.92 Å². The number of fused-ring (bicyclic) bond motifs is 2. The number of nitrogens with one attached hydrogen (secondary N) is 1. The minimum Gasteiger partial charge on any atom is -0.307 e. The molecular formula is C17H21N3S. The molecule has 2 bridgehead atoms. The molecule has 110 valence electrons.